The molecule has 0 bridgehead atoms. The zero-order chi connectivity index (χ0) is 19.7. The highest BCUT2D eigenvalue weighted by Crippen LogP contribution is 2.53. The predicted molar refractivity (Wildman–Crippen MR) is 111 cm³/mol. The van der Waals surface area contributed by atoms with Gasteiger partial charge in [0.25, 0.3) is 0 Å². The van der Waals surface area contributed by atoms with Crippen LogP contribution in [0.1, 0.15) is 48.8 Å². The maximum Gasteiger partial charge on any atom is 0.115 e. The van der Waals surface area contributed by atoms with Gasteiger partial charge in [0.2, 0.25) is 0 Å². The summed E-state index contributed by atoms with van der Waals surface area (Å²) in [5.41, 5.74) is 3.41. The molecule has 1 aliphatic carbocycles. The van der Waals surface area contributed by atoms with Crippen LogP contribution in [0.2, 0.25) is 0 Å². The Hall–Kier alpha value is -2.94. The van der Waals surface area contributed by atoms with Crippen LogP contribution in [-0.4, -0.2) is 15.3 Å². The quantitative estimate of drug-likeness (QED) is 0.552. The van der Waals surface area contributed by atoms with Gasteiger partial charge in [0, 0.05) is 5.41 Å². The van der Waals surface area contributed by atoms with Crippen LogP contribution in [0.5, 0.6) is 17.2 Å². The average Bonchev–Trinajstić information content (AvgIpc) is 2.71. The molecule has 3 aromatic rings. The fourth-order valence-electron chi connectivity index (χ4n) is 4.91. The molecule has 1 fully saturated rings. The summed E-state index contributed by atoms with van der Waals surface area (Å²) >= 11 is 0. The number of benzene rings is 3. The van der Waals surface area contributed by atoms with E-state index in [4.69, 9.17) is 0 Å². The number of hydrogen-bond acceptors (Lipinski definition) is 3. The topological polar surface area (TPSA) is 60.7 Å². The first-order valence-electron chi connectivity index (χ1n) is 9.87. The highest BCUT2D eigenvalue weighted by atomic mass is 16.3. The maximum atomic E-state index is 9.81. The summed E-state index contributed by atoms with van der Waals surface area (Å²) in [5.74, 6) is 1.61. The normalized spacial score (nSPS) is 21.3. The van der Waals surface area contributed by atoms with Crippen LogP contribution in [0.25, 0.3) is 0 Å². The van der Waals surface area contributed by atoms with Crippen molar-refractivity contribution in [2.45, 2.75) is 37.5 Å². The Morgan fingerprint density at radius 1 is 0.643 bits per heavy atom. The Morgan fingerprint density at radius 3 is 1.54 bits per heavy atom. The number of rotatable bonds is 3. The first kappa shape index (κ1) is 18.4. The standard InChI is InChI=1S/C25H26O3/c1-17-2-3-19(18-4-10-22(26)11-5-18)16-25(17,20-6-12-23(27)13-7-20)21-8-14-24(28)15-9-21/h4-15,17,19,26-28H,2-3,16H2,1H3. The molecule has 28 heavy (non-hydrogen) atoms. The third kappa shape index (κ3) is 3.22. The number of phenolic OH excluding ortho intramolecular Hbond substituents is 3. The third-order valence-corrected chi connectivity index (χ3v) is 6.49. The van der Waals surface area contributed by atoms with Gasteiger partial charge in [-0.15, -0.1) is 0 Å². The summed E-state index contributed by atoms with van der Waals surface area (Å²) in [7, 11) is 0. The Balaban J connectivity index is 1.83. The molecule has 0 aliphatic heterocycles. The molecule has 1 aliphatic rings. The molecule has 0 saturated heterocycles. The zero-order valence-electron chi connectivity index (χ0n) is 16.0. The van der Waals surface area contributed by atoms with Crippen molar-refractivity contribution in [2.75, 3.05) is 0 Å². The number of phenols is 3. The monoisotopic (exact) mass is 374 g/mol. The first-order chi connectivity index (χ1) is 13.5. The van der Waals surface area contributed by atoms with Crippen molar-refractivity contribution in [1.82, 2.24) is 0 Å². The van der Waals surface area contributed by atoms with E-state index in [1.165, 1.54) is 16.7 Å². The highest BCUT2D eigenvalue weighted by Gasteiger charge is 2.44. The molecule has 4 rings (SSSR count). The summed E-state index contributed by atoms with van der Waals surface area (Å²) in [6, 6.07) is 22.7. The molecule has 0 aromatic heterocycles. The van der Waals surface area contributed by atoms with Gasteiger partial charge < -0.3 is 15.3 Å². The summed E-state index contributed by atoms with van der Waals surface area (Å²) in [6.45, 7) is 2.30. The van der Waals surface area contributed by atoms with Crippen LogP contribution in [0.15, 0.2) is 72.8 Å². The minimum atomic E-state index is -0.206. The average molecular weight is 374 g/mol. The summed E-state index contributed by atoms with van der Waals surface area (Å²) in [6.07, 6.45) is 3.12. The summed E-state index contributed by atoms with van der Waals surface area (Å²) < 4.78 is 0. The Kier molecular flexibility index (Phi) is 4.76. The molecule has 144 valence electrons. The van der Waals surface area contributed by atoms with Gasteiger partial charge in [-0.05, 0) is 84.2 Å². The van der Waals surface area contributed by atoms with Gasteiger partial charge in [0.15, 0.2) is 0 Å². The second-order valence-corrected chi connectivity index (χ2v) is 8.04. The van der Waals surface area contributed by atoms with Crippen LogP contribution in [0, 0.1) is 5.92 Å². The van der Waals surface area contributed by atoms with E-state index in [9.17, 15) is 15.3 Å². The SMILES string of the molecule is CC1CCC(c2ccc(O)cc2)CC1(c1ccc(O)cc1)c1ccc(O)cc1. The van der Waals surface area contributed by atoms with E-state index in [-0.39, 0.29) is 22.7 Å². The molecule has 2 atom stereocenters. The smallest absolute Gasteiger partial charge is 0.115 e. The number of aromatic hydroxyl groups is 3. The van der Waals surface area contributed by atoms with Gasteiger partial charge in [-0.25, -0.2) is 0 Å². The van der Waals surface area contributed by atoms with E-state index < -0.39 is 0 Å². The lowest BCUT2D eigenvalue weighted by Gasteiger charge is -2.47. The molecule has 0 radical (unpaired) electrons. The molecule has 0 spiro atoms. The summed E-state index contributed by atoms with van der Waals surface area (Å²) in [4.78, 5) is 0. The van der Waals surface area contributed by atoms with Crippen LogP contribution < -0.4 is 0 Å². The Bertz CT molecular complexity index is 882. The van der Waals surface area contributed by atoms with Gasteiger partial charge >= 0.3 is 0 Å². The Labute approximate surface area is 165 Å². The maximum absolute atomic E-state index is 9.81. The van der Waals surface area contributed by atoms with E-state index in [2.05, 4.69) is 6.92 Å². The number of hydrogen-bond donors (Lipinski definition) is 3. The minimum Gasteiger partial charge on any atom is -0.508 e. The molecule has 0 heterocycles. The van der Waals surface area contributed by atoms with Gasteiger partial charge in [-0.1, -0.05) is 43.3 Å². The molecule has 3 aromatic carbocycles. The van der Waals surface area contributed by atoms with Gasteiger partial charge in [0.05, 0.1) is 0 Å². The first-order valence-corrected chi connectivity index (χ1v) is 9.87. The van der Waals surface area contributed by atoms with Crippen molar-refractivity contribution in [1.29, 1.82) is 0 Å². The zero-order valence-corrected chi connectivity index (χ0v) is 16.0. The van der Waals surface area contributed by atoms with Gasteiger partial charge in [0.1, 0.15) is 17.2 Å². The van der Waals surface area contributed by atoms with Crippen molar-refractivity contribution < 1.29 is 15.3 Å². The lowest BCUT2D eigenvalue weighted by atomic mass is 9.56. The molecule has 2 unspecified atom stereocenters. The lowest BCUT2D eigenvalue weighted by molar-refractivity contribution is 0.220. The van der Waals surface area contributed by atoms with Gasteiger partial charge in [-0.3, -0.25) is 0 Å². The van der Waals surface area contributed by atoms with Crippen LogP contribution in [0.3, 0.4) is 0 Å². The second kappa shape index (κ2) is 7.23. The molecule has 3 nitrogen and oxygen atoms in total. The van der Waals surface area contributed by atoms with E-state index in [1.54, 1.807) is 36.4 Å². The molecule has 3 heteroatoms. The minimum absolute atomic E-state index is 0.206. The Morgan fingerprint density at radius 2 is 1.07 bits per heavy atom. The lowest BCUT2D eigenvalue weighted by Crippen LogP contribution is -2.40. The predicted octanol–water partition coefficient (Wildman–Crippen LogP) is 5.69. The van der Waals surface area contributed by atoms with Crippen molar-refractivity contribution >= 4 is 0 Å². The second-order valence-electron chi connectivity index (χ2n) is 8.04. The largest absolute Gasteiger partial charge is 0.508 e. The molecular weight excluding hydrogens is 348 g/mol. The van der Waals surface area contributed by atoms with Crippen LogP contribution >= 0.6 is 0 Å². The molecule has 1 saturated carbocycles. The summed E-state index contributed by atoms with van der Waals surface area (Å²) in [5, 5.41) is 29.3. The van der Waals surface area contributed by atoms with Crippen molar-refractivity contribution in [3.05, 3.63) is 89.5 Å². The fraction of sp³-hybridized carbons (Fsp3) is 0.280. The molecular formula is C25H26O3. The van der Waals surface area contributed by atoms with E-state index in [0.717, 1.165) is 19.3 Å². The van der Waals surface area contributed by atoms with E-state index in [0.29, 0.717) is 11.8 Å². The fourth-order valence-corrected chi connectivity index (χ4v) is 4.91. The van der Waals surface area contributed by atoms with Crippen molar-refractivity contribution in [2.24, 2.45) is 5.92 Å². The third-order valence-electron chi connectivity index (χ3n) is 6.49. The van der Waals surface area contributed by atoms with Crippen LogP contribution in [0.4, 0.5) is 0 Å². The molecule has 3 N–H and O–H groups in total. The van der Waals surface area contributed by atoms with Crippen molar-refractivity contribution in [3.8, 4) is 17.2 Å². The van der Waals surface area contributed by atoms with E-state index in [1.807, 2.05) is 36.4 Å². The van der Waals surface area contributed by atoms with E-state index >= 15 is 0 Å². The van der Waals surface area contributed by atoms with Crippen molar-refractivity contribution in [3.63, 3.8) is 0 Å². The van der Waals surface area contributed by atoms with Crippen LogP contribution in [-0.2, 0) is 5.41 Å². The highest BCUT2D eigenvalue weighted by molar-refractivity contribution is 5.45. The molecule has 0 amide bonds. The van der Waals surface area contributed by atoms with Gasteiger partial charge in [-0.2, -0.15) is 0 Å².